The molecule has 2 aliphatic rings. The number of benzene rings is 1. The van der Waals surface area contributed by atoms with Crippen molar-refractivity contribution in [2.75, 3.05) is 19.8 Å². The van der Waals surface area contributed by atoms with E-state index in [1.54, 1.807) is 6.07 Å². The standard InChI is InChI=1S/C17H21Cl2NO2/c1-11-8-13(11)16(21)20-10-17(4-6-22-7-5-17)14-3-2-12(18)9-15(14)19/h2-3,9,11,13H,4-8,10H2,1H3,(H,20,21)/t11-,13-/m0/s1. The second-order valence-corrected chi connectivity index (χ2v) is 7.40. The van der Waals surface area contributed by atoms with E-state index in [-0.39, 0.29) is 17.2 Å². The first-order valence-electron chi connectivity index (χ1n) is 7.83. The van der Waals surface area contributed by atoms with Crippen molar-refractivity contribution in [3.05, 3.63) is 33.8 Å². The van der Waals surface area contributed by atoms with Crippen molar-refractivity contribution < 1.29 is 9.53 Å². The van der Waals surface area contributed by atoms with Gasteiger partial charge in [-0.1, -0.05) is 36.2 Å². The van der Waals surface area contributed by atoms with Gasteiger partial charge in [0.1, 0.15) is 0 Å². The van der Waals surface area contributed by atoms with E-state index in [2.05, 4.69) is 12.2 Å². The highest BCUT2D eigenvalue weighted by Gasteiger charge is 2.41. The number of ether oxygens (including phenoxy) is 1. The van der Waals surface area contributed by atoms with E-state index in [0.29, 0.717) is 35.7 Å². The Labute approximate surface area is 141 Å². The number of carbonyl (C=O) groups excluding carboxylic acids is 1. The summed E-state index contributed by atoms with van der Waals surface area (Å²) in [6.07, 6.45) is 2.72. The van der Waals surface area contributed by atoms with Crippen LogP contribution in [0.3, 0.4) is 0 Å². The summed E-state index contributed by atoms with van der Waals surface area (Å²) in [4.78, 5) is 12.2. The van der Waals surface area contributed by atoms with Gasteiger partial charge in [-0.25, -0.2) is 0 Å². The molecule has 1 heterocycles. The maximum atomic E-state index is 12.2. The minimum absolute atomic E-state index is 0.159. The quantitative estimate of drug-likeness (QED) is 0.904. The molecule has 1 saturated carbocycles. The second-order valence-electron chi connectivity index (χ2n) is 6.55. The van der Waals surface area contributed by atoms with Crippen molar-refractivity contribution in [2.45, 2.75) is 31.6 Å². The number of hydrogen-bond acceptors (Lipinski definition) is 2. The third kappa shape index (κ3) is 3.27. The molecule has 1 amide bonds. The number of nitrogens with one attached hydrogen (secondary N) is 1. The van der Waals surface area contributed by atoms with E-state index in [1.807, 2.05) is 12.1 Å². The molecule has 0 spiro atoms. The minimum Gasteiger partial charge on any atom is -0.381 e. The fourth-order valence-electron chi connectivity index (χ4n) is 3.30. The molecule has 0 radical (unpaired) electrons. The van der Waals surface area contributed by atoms with E-state index in [4.69, 9.17) is 27.9 Å². The van der Waals surface area contributed by atoms with Crippen molar-refractivity contribution in [1.82, 2.24) is 5.32 Å². The van der Waals surface area contributed by atoms with Crippen LogP contribution in [0.4, 0.5) is 0 Å². The van der Waals surface area contributed by atoms with Crippen LogP contribution in [0.1, 0.15) is 31.7 Å². The summed E-state index contributed by atoms with van der Waals surface area (Å²) >= 11 is 12.4. The molecule has 2 atom stereocenters. The molecule has 3 nitrogen and oxygen atoms in total. The number of rotatable bonds is 4. The minimum atomic E-state index is -0.159. The summed E-state index contributed by atoms with van der Waals surface area (Å²) in [5.74, 6) is 0.880. The molecule has 22 heavy (non-hydrogen) atoms. The maximum Gasteiger partial charge on any atom is 0.223 e. The molecular weight excluding hydrogens is 321 g/mol. The van der Waals surface area contributed by atoms with Crippen LogP contribution in [0.5, 0.6) is 0 Å². The van der Waals surface area contributed by atoms with Gasteiger partial charge >= 0.3 is 0 Å². The first-order valence-corrected chi connectivity index (χ1v) is 8.58. The summed E-state index contributed by atoms with van der Waals surface area (Å²) in [7, 11) is 0. The molecule has 0 aromatic heterocycles. The molecule has 1 aliphatic carbocycles. The average molecular weight is 342 g/mol. The zero-order valence-electron chi connectivity index (χ0n) is 12.7. The molecule has 5 heteroatoms. The molecule has 1 saturated heterocycles. The van der Waals surface area contributed by atoms with Gasteiger partial charge in [-0.3, -0.25) is 4.79 Å². The SMILES string of the molecule is C[C@H]1C[C@@H]1C(=O)NCC1(c2ccc(Cl)cc2Cl)CCOCC1. The predicted molar refractivity (Wildman–Crippen MR) is 88.5 cm³/mol. The highest BCUT2D eigenvalue weighted by atomic mass is 35.5. The Morgan fingerprint density at radius 1 is 1.36 bits per heavy atom. The summed E-state index contributed by atoms with van der Waals surface area (Å²) in [5, 5.41) is 4.44. The van der Waals surface area contributed by atoms with Crippen LogP contribution >= 0.6 is 23.2 Å². The number of carbonyl (C=O) groups is 1. The van der Waals surface area contributed by atoms with Crippen molar-refractivity contribution >= 4 is 29.1 Å². The van der Waals surface area contributed by atoms with Crippen LogP contribution in [0, 0.1) is 11.8 Å². The Balaban J connectivity index is 1.79. The summed E-state index contributed by atoms with van der Waals surface area (Å²) in [6.45, 7) is 4.10. The smallest absolute Gasteiger partial charge is 0.223 e. The highest BCUT2D eigenvalue weighted by Crippen LogP contribution is 2.41. The van der Waals surface area contributed by atoms with Gasteiger partial charge in [-0.05, 0) is 42.9 Å². The van der Waals surface area contributed by atoms with Crippen LogP contribution in [0.15, 0.2) is 18.2 Å². The van der Waals surface area contributed by atoms with Gasteiger partial charge in [-0.15, -0.1) is 0 Å². The molecule has 3 rings (SSSR count). The lowest BCUT2D eigenvalue weighted by atomic mass is 9.74. The van der Waals surface area contributed by atoms with Gasteiger partial charge < -0.3 is 10.1 Å². The topological polar surface area (TPSA) is 38.3 Å². The molecule has 1 N–H and O–H groups in total. The lowest BCUT2D eigenvalue weighted by molar-refractivity contribution is -0.123. The summed E-state index contributed by atoms with van der Waals surface area (Å²) in [6, 6.07) is 5.63. The van der Waals surface area contributed by atoms with Gasteiger partial charge in [0, 0.05) is 41.1 Å². The fourth-order valence-corrected chi connectivity index (χ4v) is 3.91. The lowest BCUT2D eigenvalue weighted by Crippen LogP contribution is -2.45. The number of amides is 1. The Hall–Kier alpha value is -0.770. The van der Waals surface area contributed by atoms with E-state index in [1.165, 1.54) is 0 Å². The Morgan fingerprint density at radius 2 is 2.05 bits per heavy atom. The molecule has 120 valence electrons. The van der Waals surface area contributed by atoms with Gasteiger partial charge in [0.2, 0.25) is 5.91 Å². The van der Waals surface area contributed by atoms with Crippen LogP contribution in [-0.2, 0) is 14.9 Å². The zero-order valence-corrected chi connectivity index (χ0v) is 14.2. The Kier molecular flexibility index (Phi) is 4.67. The third-order valence-corrected chi connectivity index (χ3v) is 5.55. The first-order chi connectivity index (χ1) is 10.5. The number of hydrogen-bond donors (Lipinski definition) is 1. The Bertz CT molecular complexity index is 570. The maximum absolute atomic E-state index is 12.2. The summed E-state index contributed by atoms with van der Waals surface area (Å²) in [5.41, 5.74) is 0.902. The van der Waals surface area contributed by atoms with Gasteiger partial charge in [0.25, 0.3) is 0 Å². The van der Waals surface area contributed by atoms with Gasteiger partial charge in [0.15, 0.2) is 0 Å². The van der Waals surface area contributed by atoms with E-state index in [9.17, 15) is 4.79 Å². The average Bonchev–Trinajstić information content (AvgIpc) is 3.23. The van der Waals surface area contributed by atoms with Crippen LogP contribution in [0.25, 0.3) is 0 Å². The molecule has 2 fully saturated rings. The van der Waals surface area contributed by atoms with Crippen LogP contribution < -0.4 is 5.32 Å². The molecular formula is C17H21Cl2NO2. The molecule has 1 aliphatic heterocycles. The van der Waals surface area contributed by atoms with E-state index >= 15 is 0 Å². The van der Waals surface area contributed by atoms with E-state index in [0.717, 1.165) is 24.8 Å². The number of halogens is 2. The van der Waals surface area contributed by atoms with E-state index < -0.39 is 0 Å². The van der Waals surface area contributed by atoms with Crippen LogP contribution in [0.2, 0.25) is 10.0 Å². The van der Waals surface area contributed by atoms with Gasteiger partial charge in [-0.2, -0.15) is 0 Å². The van der Waals surface area contributed by atoms with Crippen molar-refractivity contribution in [2.24, 2.45) is 11.8 Å². The normalized spacial score (nSPS) is 26.5. The first kappa shape index (κ1) is 16.1. The summed E-state index contributed by atoms with van der Waals surface area (Å²) < 4.78 is 5.51. The van der Waals surface area contributed by atoms with Crippen molar-refractivity contribution in [3.63, 3.8) is 0 Å². The fraction of sp³-hybridized carbons (Fsp3) is 0.588. The molecule has 1 aromatic rings. The van der Waals surface area contributed by atoms with Crippen LogP contribution in [-0.4, -0.2) is 25.7 Å². The predicted octanol–water partition coefficient (Wildman–Crippen LogP) is 3.81. The molecule has 1 aromatic carbocycles. The molecule has 0 bridgehead atoms. The largest absolute Gasteiger partial charge is 0.381 e. The third-order valence-electron chi connectivity index (χ3n) is 5.00. The second kappa shape index (κ2) is 6.38. The monoisotopic (exact) mass is 341 g/mol. The van der Waals surface area contributed by atoms with Gasteiger partial charge in [0.05, 0.1) is 0 Å². The highest BCUT2D eigenvalue weighted by molar-refractivity contribution is 6.35. The zero-order chi connectivity index (χ0) is 15.7. The van der Waals surface area contributed by atoms with Crippen molar-refractivity contribution in [3.8, 4) is 0 Å². The Morgan fingerprint density at radius 3 is 2.64 bits per heavy atom. The molecule has 0 unspecified atom stereocenters. The van der Waals surface area contributed by atoms with Crippen molar-refractivity contribution in [1.29, 1.82) is 0 Å². The lowest BCUT2D eigenvalue weighted by Gasteiger charge is -2.38.